The first-order valence-corrected chi connectivity index (χ1v) is 5.88. The van der Waals surface area contributed by atoms with Gasteiger partial charge in [0.15, 0.2) is 0 Å². The first-order chi connectivity index (χ1) is 9.72. The van der Waals surface area contributed by atoms with Crippen LogP contribution in [0.5, 0.6) is 0 Å². The molecule has 2 aromatic heterocycles. The summed E-state index contributed by atoms with van der Waals surface area (Å²) in [6, 6.07) is 7.30. The van der Waals surface area contributed by atoms with Gasteiger partial charge in [-0.2, -0.15) is 0 Å². The predicted molar refractivity (Wildman–Crippen MR) is 70.4 cm³/mol. The number of aromatic nitrogens is 6. The number of H-pyrrole nitrogens is 1. The molecule has 0 aliphatic rings. The fourth-order valence-electron chi connectivity index (χ4n) is 1.71. The highest BCUT2D eigenvalue weighted by atomic mass is 16.2. The normalized spacial score (nSPS) is 10.4. The Labute approximate surface area is 113 Å². The molecule has 8 nitrogen and oxygen atoms in total. The van der Waals surface area contributed by atoms with Gasteiger partial charge < -0.3 is 5.32 Å². The lowest BCUT2D eigenvalue weighted by atomic mass is 10.2. The molecule has 3 aromatic rings. The van der Waals surface area contributed by atoms with Gasteiger partial charge in [0.05, 0.1) is 5.69 Å². The molecule has 1 amide bonds. The topological polar surface area (TPSA) is 101 Å². The zero-order valence-corrected chi connectivity index (χ0v) is 10.6. The van der Waals surface area contributed by atoms with Crippen molar-refractivity contribution >= 4 is 11.6 Å². The average Bonchev–Trinajstić information content (AvgIpc) is 3.10. The van der Waals surface area contributed by atoms with Crippen molar-refractivity contribution in [2.75, 3.05) is 5.32 Å². The van der Waals surface area contributed by atoms with Crippen molar-refractivity contribution in [1.29, 1.82) is 0 Å². The summed E-state index contributed by atoms with van der Waals surface area (Å²) in [5.74, 6) is 0.334. The molecule has 0 spiro atoms. The number of anilines is 1. The number of hydrogen-bond acceptors (Lipinski definition) is 5. The minimum Gasteiger partial charge on any atom is -0.319 e. The molecule has 1 aromatic carbocycles. The molecule has 100 valence electrons. The third-order valence-corrected chi connectivity index (χ3v) is 2.62. The molecular weight excluding hydrogens is 258 g/mol. The number of aromatic amines is 1. The van der Waals surface area contributed by atoms with Gasteiger partial charge >= 0.3 is 0 Å². The van der Waals surface area contributed by atoms with E-state index >= 15 is 0 Å². The quantitative estimate of drug-likeness (QED) is 0.737. The molecule has 0 fully saturated rings. The monoisotopic (exact) mass is 269 g/mol. The highest BCUT2D eigenvalue weighted by molar-refractivity contribution is 6.01. The number of aryl methyl sites for hydroxylation is 1. The van der Waals surface area contributed by atoms with Gasteiger partial charge in [0, 0.05) is 5.69 Å². The molecular formula is C12H11N7O. The maximum atomic E-state index is 11.9. The van der Waals surface area contributed by atoms with Crippen LogP contribution in [0.3, 0.4) is 0 Å². The second-order valence-electron chi connectivity index (χ2n) is 4.12. The summed E-state index contributed by atoms with van der Waals surface area (Å²) in [6.45, 7) is 1.73. The number of nitrogens with one attached hydrogen (secondary N) is 2. The lowest BCUT2D eigenvalue weighted by Crippen LogP contribution is -2.14. The summed E-state index contributed by atoms with van der Waals surface area (Å²) in [5.41, 5.74) is 1.49. The largest absolute Gasteiger partial charge is 0.319 e. The molecule has 0 aliphatic heterocycles. The summed E-state index contributed by atoms with van der Waals surface area (Å²) < 4.78 is 1.74. The molecule has 0 unspecified atom stereocenters. The minimum absolute atomic E-state index is 0.109. The van der Waals surface area contributed by atoms with Crippen LogP contribution in [0.2, 0.25) is 0 Å². The van der Waals surface area contributed by atoms with Gasteiger partial charge in [-0.25, -0.2) is 4.98 Å². The van der Waals surface area contributed by atoms with Gasteiger partial charge in [-0.3, -0.25) is 14.5 Å². The smallest absolute Gasteiger partial charge is 0.295 e. The van der Waals surface area contributed by atoms with Crippen molar-refractivity contribution in [2.45, 2.75) is 6.92 Å². The van der Waals surface area contributed by atoms with Gasteiger partial charge in [0.2, 0.25) is 5.82 Å². The molecule has 2 heterocycles. The SMILES string of the molecule is Cc1nc(C(=O)Nc2cccc(-n3cnnc3)c2)n[nH]1. The summed E-state index contributed by atoms with van der Waals surface area (Å²) in [7, 11) is 0. The van der Waals surface area contributed by atoms with Crippen LogP contribution in [0.4, 0.5) is 5.69 Å². The molecule has 0 saturated heterocycles. The van der Waals surface area contributed by atoms with E-state index in [0.717, 1.165) is 5.69 Å². The highest BCUT2D eigenvalue weighted by Crippen LogP contribution is 2.14. The molecule has 20 heavy (non-hydrogen) atoms. The molecule has 0 radical (unpaired) electrons. The van der Waals surface area contributed by atoms with E-state index < -0.39 is 0 Å². The van der Waals surface area contributed by atoms with Crippen LogP contribution in [0.25, 0.3) is 5.69 Å². The van der Waals surface area contributed by atoms with E-state index in [4.69, 9.17) is 0 Å². The van der Waals surface area contributed by atoms with Gasteiger partial charge in [-0.1, -0.05) is 6.07 Å². The first kappa shape index (κ1) is 12.0. The number of carbonyl (C=O) groups is 1. The van der Waals surface area contributed by atoms with E-state index in [1.807, 2.05) is 12.1 Å². The maximum Gasteiger partial charge on any atom is 0.295 e. The Kier molecular flexibility index (Phi) is 2.96. The lowest BCUT2D eigenvalue weighted by molar-refractivity contribution is 0.101. The second-order valence-corrected chi connectivity index (χ2v) is 4.12. The molecule has 3 rings (SSSR count). The van der Waals surface area contributed by atoms with Crippen LogP contribution in [0, 0.1) is 6.92 Å². The van der Waals surface area contributed by atoms with Crippen LogP contribution in [-0.2, 0) is 0 Å². The van der Waals surface area contributed by atoms with Gasteiger partial charge in [0.1, 0.15) is 18.5 Å². The molecule has 2 N–H and O–H groups in total. The van der Waals surface area contributed by atoms with Crippen LogP contribution >= 0.6 is 0 Å². The molecule has 0 bridgehead atoms. The molecule has 0 saturated carbocycles. The van der Waals surface area contributed by atoms with E-state index in [2.05, 4.69) is 30.7 Å². The summed E-state index contributed by atoms with van der Waals surface area (Å²) in [4.78, 5) is 15.9. The van der Waals surface area contributed by atoms with Gasteiger partial charge in [-0.15, -0.1) is 15.3 Å². The number of benzene rings is 1. The van der Waals surface area contributed by atoms with Crippen molar-refractivity contribution in [3.05, 3.63) is 48.6 Å². The van der Waals surface area contributed by atoms with Crippen LogP contribution in [0.1, 0.15) is 16.4 Å². The average molecular weight is 269 g/mol. The molecule has 0 atom stereocenters. The Balaban J connectivity index is 1.81. The van der Waals surface area contributed by atoms with Crippen molar-refractivity contribution in [1.82, 2.24) is 29.9 Å². The Morgan fingerprint density at radius 1 is 1.30 bits per heavy atom. The van der Waals surface area contributed by atoms with Gasteiger partial charge in [0.25, 0.3) is 5.91 Å². The Bertz CT molecular complexity index is 732. The Morgan fingerprint density at radius 3 is 2.80 bits per heavy atom. The van der Waals surface area contributed by atoms with Crippen LogP contribution in [-0.4, -0.2) is 35.9 Å². The van der Waals surface area contributed by atoms with E-state index in [1.54, 1.807) is 36.3 Å². The minimum atomic E-state index is -0.366. The van der Waals surface area contributed by atoms with E-state index in [1.165, 1.54) is 0 Å². The zero-order valence-electron chi connectivity index (χ0n) is 10.6. The zero-order chi connectivity index (χ0) is 13.9. The first-order valence-electron chi connectivity index (χ1n) is 5.88. The Hall–Kier alpha value is -3.03. The lowest BCUT2D eigenvalue weighted by Gasteiger charge is -2.05. The van der Waals surface area contributed by atoms with Crippen molar-refractivity contribution in [3.63, 3.8) is 0 Å². The number of hydrogen-bond donors (Lipinski definition) is 2. The number of rotatable bonds is 3. The fourth-order valence-corrected chi connectivity index (χ4v) is 1.71. The van der Waals surface area contributed by atoms with E-state index in [9.17, 15) is 4.79 Å². The highest BCUT2D eigenvalue weighted by Gasteiger charge is 2.11. The Morgan fingerprint density at radius 2 is 2.10 bits per heavy atom. The standard InChI is InChI=1S/C12H11N7O/c1-8-15-11(18-17-8)12(20)16-9-3-2-4-10(5-9)19-6-13-14-7-19/h2-7H,1H3,(H,16,20)(H,15,17,18). The van der Waals surface area contributed by atoms with E-state index in [-0.39, 0.29) is 11.7 Å². The van der Waals surface area contributed by atoms with Crippen LogP contribution < -0.4 is 5.32 Å². The summed E-state index contributed by atoms with van der Waals surface area (Å²) in [6.07, 6.45) is 3.17. The maximum absolute atomic E-state index is 11.9. The van der Waals surface area contributed by atoms with Crippen molar-refractivity contribution in [3.8, 4) is 5.69 Å². The third-order valence-electron chi connectivity index (χ3n) is 2.62. The summed E-state index contributed by atoms with van der Waals surface area (Å²) >= 11 is 0. The number of nitrogens with zero attached hydrogens (tertiary/aromatic N) is 5. The fraction of sp³-hybridized carbons (Fsp3) is 0.0833. The molecule has 0 aliphatic carbocycles. The second kappa shape index (κ2) is 4.92. The third kappa shape index (κ3) is 2.39. The van der Waals surface area contributed by atoms with Gasteiger partial charge in [-0.05, 0) is 25.1 Å². The number of carbonyl (C=O) groups excluding carboxylic acids is 1. The molecule has 8 heteroatoms. The number of amides is 1. The van der Waals surface area contributed by atoms with Crippen molar-refractivity contribution < 1.29 is 4.79 Å². The predicted octanol–water partition coefficient (Wildman–Crippen LogP) is 0.946. The van der Waals surface area contributed by atoms with Crippen LogP contribution in [0.15, 0.2) is 36.9 Å². The van der Waals surface area contributed by atoms with Crippen molar-refractivity contribution in [2.24, 2.45) is 0 Å². The summed E-state index contributed by atoms with van der Waals surface area (Å²) in [5, 5.41) is 16.7. The van der Waals surface area contributed by atoms with E-state index in [0.29, 0.717) is 11.5 Å².